The van der Waals surface area contributed by atoms with Crippen LogP contribution in [-0.4, -0.2) is 35.1 Å². The van der Waals surface area contributed by atoms with Crippen molar-refractivity contribution >= 4 is 23.5 Å². The highest BCUT2D eigenvalue weighted by atomic mass is 16.6. The zero-order valence-corrected chi connectivity index (χ0v) is 13.2. The van der Waals surface area contributed by atoms with Crippen LogP contribution in [-0.2, 0) is 14.3 Å². The molecule has 5 heteroatoms. The summed E-state index contributed by atoms with van der Waals surface area (Å²) in [5.74, 6) is -0.259. The highest BCUT2D eigenvalue weighted by Gasteiger charge is 2.32. The number of carbonyl (C=O) groups is 2. The van der Waals surface area contributed by atoms with E-state index < -0.39 is 12.2 Å². The van der Waals surface area contributed by atoms with Gasteiger partial charge in [0.15, 0.2) is 5.78 Å². The molecule has 0 spiro atoms. The standard InChI is InChI=1S/C18H21NO4/c1-12(20)3-5-14-6-8-15(9-7-14)19-16-11-18(22)23-17(16)10-4-13(2)21/h3-10,13,16-17,19,21H,11H2,1-2H3. The van der Waals surface area contributed by atoms with Crippen molar-refractivity contribution in [2.24, 2.45) is 0 Å². The molecule has 1 saturated heterocycles. The average molecular weight is 315 g/mol. The fourth-order valence-electron chi connectivity index (χ4n) is 2.27. The largest absolute Gasteiger partial charge is 0.456 e. The number of hydrogen-bond acceptors (Lipinski definition) is 5. The van der Waals surface area contributed by atoms with Gasteiger partial charge in [-0.3, -0.25) is 9.59 Å². The molecule has 1 heterocycles. The van der Waals surface area contributed by atoms with Crippen LogP contribution in [0.2, 0.25) is 0 Å². The van der Waals surface area contributed by atoms with E-state index >= 15 is 0 Å². The maximum absolute atomic E-state index is 11.5. The van der Waals surface area contributed by atoms with Crippen LogP contribution in [0, 0.1) is 0 Å². The number of anilines is 1. The van der Waals surface area contributed by atoms with E-state index in [9.17, 15) is 14.7 Å². The zero-order chi connectivity index (χ0) is 16.8. The van der Waals surface area contributed by atoms with Gasteiger partial charge in [0.05, 0.1) is 18.6 Å². The number of hydrogen-bond donors (Lipinski definition) is 2. The molecule has 1 fully saturated rings. The molecule has 122 valence electrons. The molecule has 1 aliphatic rings. The number of aliphatic hydroxyl groups excluding tert-OH is 1. The van der Waals surface area contributed by atoms with Crippen LogP contribution in [0.25, 0.3) is 6.08 Å². The van der Waals surface area contributed by atoms with Crippen LogP contribution in [0.3, 0.4) is 0 Å². The second-order valence-electron chi connectivity index (χ2n) is 5.60. The lowest BCUT2D eigenvalue weighted by Crippen LogP contribution is -2.27. The Balaban J connectivity index is 2.02. The Kier molecular flexibility index (Phi) is 5.71. The van der Waals surface area contributed by atoms with Crippen LogP contribution < -0.4 is 5.32 Å². The summed E-state index contributed by atoms with van der Waals surface area (Å²) >= 11 is 0. The molecular formula is C18H21NO4. The second kappa shape index (κ2) is 7.74. The van der Waals surface area contributed by atoms with Gasteiger partial charge in [0.2, 0.25) is 0 Å². The molecular weight excluding hydrogens is 294 g/mol. The summed E-state index contributed by atoms with van der Waals surface area (Å²) in [6.45, 7) is 3.15. The average Bonchev–Trinajstić information content (AvgIpc) is 2.84. The van der Waals surface area contributed by atoms with Gasteiger partial charge < -0.3 is 15.2 Å². The summed E-state index contributed by atoms with van der Waals surface area (Å²) in [6.07, 6.45) is 5.88. The molecule has 0 amide bonds. The number of ether oxygens (including phenoxy) is 1. The van der Waals surface area contributed by atoms with Crippen molar-refractivity contribution in [1.29, 1.82) is 0 Å². The van der Waals surface area contributed by atoms with Gasteiger partial charge in [0, 0.05) is 5.69 Å². The number of benzene rings is 1. The van der Waals surface area contributed by atoms with Gasteiger partial charge in [-0.15, -0.1) is 0 Å². The summed E-state index contributed by atoms with van der Waals surface area (Å²) in [4.78, 5) is 22.4. The van der Waals surface area contributed by atoms with Gasteiger partial charge in [0.1, 0.15) is 6.10 Å². The van der Waals surface area contributed by atoms with E-state index in [0.29, 0.717) is 0 Å². The smallest absolute Gasteiger partial charge is 0.308 e. The number of ketones is 1. The monoisotopic (exact) mass is 315 g/mol. The van der Waals surface area contributed by atoms with E-state index in [1.165, 1.54) is 13.0 Å². The molecule has 5 nitrogen and oxygen atoms in total. The van der Waals surface area contributed by atoms with Gasteiger partial charge in [0.25, 0.3) is 0 Å². The minimum atomic E-state index is -0.581. The van der Waals surface area contributed by atoms with Crippen LogP contribution in [0.5, 0.6) is 0 Å². The van der Waals surface area contributed by atoms with Crippen LogP contribution in [0.1, 0.15) is 25.8 Å². The number of allylic oxidation sites excluding steroid dienone is 1. The quantitative estimate of drug-likeness (QED) is 0.479. The third-order valence-corrected chi connectivity index (χ3v) is 3.40. The zero-order valence-electron chi connectivity index (χ0n) is 13.2. The Morgan fingerprint density at radius 1 is 1.39 bits per heavy atom. The number of aliphatic hydroxyl groups is 1. The van der Waals surface area contributed by atoms with Crippen molar-refractivity contribution in [3.05, 3.63) is 48.1 Å². The lowest BCUT2D eigenvalue weighted by atomic mass is 10.1. The topological polar surface area (TPSA) is 75.6 Å². The predicted octanol–water partition coefficient (Wildman–Crippen LogP) is 2.32. The summed E-state index contributed by atoms with van der Waals surface area (Å²) in [7, 11) is 0. The molecule has 0 aliphatic carbocycles. The third kappa shape index (κ3) is 5.38. The highest BCUT2D eigenvalue weighted by molar-refractivity contribution is 5.91. The first kappa shape index (κ1) is 17.0. The first-order chi connectivity index (χ1) is 10.9. The SMILES string of the molecule is CC(=O)C=Cc1ccc(NC2CC(=O)OC2C=CC(C)O)cc1. The molecule has 0 saturated carbocycles. The van der Waals surface area contributed by atoms with Crippen molar-refractivity contribution in [2.75, 3.05) is 5.32 Å². The maximum atomic E-state index is 11.5. The van der Waals surface area contributed by atoms with E-state index in [0.717, 1.165) is 11.3 Å². The second-order valence-corrected chi connectivity index (χ2v) is 5.60. The Hall–Kier alpha value is -2.40. The number of rotatable bonds is 6. The maximum Gasteiger partial charge on any atom is 0.308 e. The van der Waals surface area contributed by atoms with E-state index in [1.54, 1.807) is 25.2 Å². The summed E-state index contributed by atoms with van der Waals surface area (Å²) < 4.78 is 5.24. The minimum Gasteiger partial charge on any atom is -0.456 e. The van der Waals surface area contributed by atoms with Gasteiger partial charge >= 0.3 is 5.97 Å². The van der Waals surface area contributed by atoms with Crippen LogP contribution in [0.4, 0.5) is 5.69 Å². The molecule has 23 heavy (non-hydrogen) atoms. The van der Waals surface area contributed by atoms with E-state index in [2.05, 4.69) is 5.32 Å². The van der Waals surface area contributed by atoms with Crippen molar-refractivity contribution < 1.29 is 19.4 Å². The summed E-state index contributed by atoms with van der Waals surface area (Å²) in [6, 6.07) is 7.38. The third-order valence-electron chi connectivity index (χ3n) is 3.40. The number of cyclic esters (lactones) is 1. The Morgan fingerprint density at radius 2 is 2.09 bits per heavy atom. The van der Waals surface area contributed by atoms with Gasteiger partial charge in [-0.1, -0.05) is 24.3 Å². The van der Waals surface area contributed by atoms with Crippen molar-refractivity contribution in [1.82, 2.24) is 0 Å². The molecule has 0 radical (unpaired) electrons. The van der Waals surface area contributed by atoms with Gasteiger partial charge in [-0.05, 0) is 43.7 Å². The molecule has 1 aliphatic heterocycles. The highest BCUT2D eigenvalue weighted by Crippen LogP contribution is 2.22. The van der Waals surface area contributed by atoms with E-state index in [-0.39, 0.29) is 24.2 Å². The Morgan fingerprint density at radius 3 is 2.70 bits per heavy atom. The first-order valence-corrected chi connectivity index (χ1v) is 7.55. The first-order valence-electron chi connectivity index (χ1n) is 7.55. The molecule has 2 N–H and O–H groups in total. The molecule has 3 atom stereocenters. The van der Waals surface area contributed by atoms with E-state index in [4.69, 9.17) is 4.74 Å². The van der Waals surface area contributed by atoms with Gasteiger partial charge in [-0.25, -0.2) is 0 Å². The normalized spacial score (nSPS) is 22.5. The van der Waals surface area contributed by atoms with Crippen molar-refractivity contribution in [2.45, 2.75) is 38.5 Å². The van der Waals surface area contributed by atoms with Crippen molar-refractivity contribution in [3.63, 3.8) is 0 Å². The lowest BCUT2D eigenvalue weighted by molar-refractivity contribution is -0.140. The fourth-order valence-corrected chi connectivity index (χ4v) is 2.27. The van der Waals surface area contributed by atoms with E-state index in [1.807, 2.05) is 24.3 Å². The number of nitrogens with one attached hydrogen (secondary N) is 1. The predicted molar refractivity (Wildman–Crippen MR) is 88.9 cm³/mol. The van der Waals surface area contributed by atoms with Crippen molar-refractivity contribution in [3.8, 4) is 0 Å². The Labute approximate surface area is 135 Å². The van der Waals surface area contributed by atoms with Crippen LogP contribution in [0.15, 0.2) is 42.5 Å². The molecule has 1 aromatic carbocycles. The summed E-state index contributed by atoms with van der Waals surface area (Å²) in [5, 5.41) is 12.6. The summed E-state index contributed by atoms with van der Waals surface area (Å²) in [5.41, 5.74) is 1.79. The molecule has 2 rings (SSSR count). The van der Waals surface area contributed by atoms with Crippen LogP contribution >= 0.6 is 0 Å². The fraction of sp³-hybridized carbons (Fsp3) is 0.333. The molecule has 1 aromatic rings. The number of esters is 1. The van der Waals surface area contributed by atoms with Gasteiger partial charge in [-0.2, -0.15) is 0 Å². The molecule has 0 aromatic heterocycles. The lowest BCUT2D eigenvalue weighted by Gasteiger charge is -2.17. The Bertz CT molecular complexity index is 616. The number of carbonyl (C=O) groups excluding carboxylic acids is 2. The molecule has 3 unspecified atom stereocenters. The minimum absolute atomic E-state index is 0.00144. The molecule has 0 bridgehead atoms.